The molecule has 4 rings (SSSR count). The molecular formula is C23H33N3O4S. The van der Waals surface area contributed by atoms with Gasteiger partial charge in [-0.2, -0.15) is 4.31 Å². The van der Waals surface area contributed by atoms with E-state index in [1.165, 1.54) is 10.7 Å². The fraction of sp³-hybridized carbons (Fsp3) is 0.652. The number of carbonyl (C=O) groups excluding carboxylic acids is 2. The lowest BCUT2D eigenvalue weighted by Crippen LogP contribution is -2.46. The molecule has 0 spiro atoms. The molecule has 3 fully saturated rings. The smallest absolute Gasteiger partial charge is 0.255 e. The van der Waals surface area contributed by atoms with Gasteiger partial charge < -0.3 is 9.80 Å². The zero-order valence-electron chi connectivity index (χ0n) is 18.2. The van der Waals surface area contributed by atoms with Crippen LogP contribution in [0.3, 0.4) is 0 Å². The molecule has 3 aliphatic rings. The van der Waals surface area contributed by atoms with E-state index in [4.69, 9.17) is 0 Å². The molecule has 0 radical (unpaired) electrons. The van der Waals surface area contributed by atoms with Crippen LogP contribution in [0.25, 0.3) is 0 Å². The Morgan fingerprint density at radius 3 is 1.97 bits per heavy atom. The Labute approximate surface area is 185 Å². The third-order valence-corrected chi connectivity index (χ3v) is 8.81. The van der Waals surface area contributed by atoms with Gasteiger partial charge in [-0.3, -0.25) is 9.59 Å². The first-order chi connectivity index (χ1) is 15.0. The van der Waals surface area contributed by atoms with Crippen molar-refractivity contribution in [3.8, 4) is 0 Å². The van der Waals surface area contributed by atoms with Gasteiger partial charge in [0.15, 0.2) is 0 Å². The second kappa shape index (κ2) is 9.69. The molecule has 3 saturated heterocycles. The van der Waals surface area contributed by atoms with Gasteiger partial charge in [0, 0.05) is 45.2 Å². The molecule has 0 atom stereocenters. The molecule has 1 aromatic carbocycles. The number of likely N-dealkylation sites (tertiary alicyclic amines) is 2. The maximum atomic E-state index is 13.3. The van der Waals surface area contributed by atoms with Crippen molar-refractivity contribution in [3.05, 3.63) is 29.8 Å². The minimum atomic E-state index is -3.69. The van der Waals surface area contributed by atoms with E-state index in [2.05, 4.69) is 0 Å². The van der Waals surface area contributed by atoms with Crippen LogP contribution in [0, 0.1) is 5.92 Å². The van der Waals surface area contributed by atoms with E-state index < -0.39 is 10.0 Å². The fourth-order valence-corrected chi connectivity index (χ4v) is 6.69. The monoisotopic (exact) mass is 447 g/mol. The minimum Gasteiger partial charge on any atom is -0.342 e. The molecule has 3 aliphatic heterocycles. The summed E-state index contributed by atoms with van der Waals surface area (Å²) in [6.45, 7) is 3.69. The number of rotatable bonds is 4. The minimum absolute atomic E-state index is 0.0329. The van der Waals surface area contributed by atoms with Crippen molar-refractivity contribution in [3.63, 3.8) is 0 Å². The standard InChI is InChI=1S/C23H33N3O4S/c27-22(24-13-5-1-6-14-24)19-11-17-25(18-12-19)23(28)20-9-3-4-10-21(20)31(29,30)26-15-7-2-8-16-26/h3-4,9-10,19H,1-2,5-8,11-18H2. The van der Waals surface area contributed by atoms with Gasteiger partial charge in [-0.15, -0.1) is 0 Å². The molecule has 3 heterocycles. The summed E-state index contributed by atoms with van der Waals surface area (Å²) in [6.07, 6.45) is 7.37. The molecule has 31 heavy (non-hydrogen) atoms. The van der Waals surface area contributed by atoms with E-state index in [1.54, 1.807) is 29.2 Å². The lowest BCUT2D eigenvalue weighted by Gasteiger charge is -2.36. The molecule has 0 saturated carbocycles. The number of benzene rings is 1. The number of sulfonamides is 1. The van der Waals surface area contributed by atoms with Crippen LogP contribution < -0.4 is 0 Å². The molecule has 0 aliphatic carbocycles. The maximum absolute atomic E-state index is 13.3. The van der Waals surface area contributed by atoms with Crippen LogP contribution in [0.4, 0.5) is 0 Å². The van der Waals surface area contributed by atoms with E-state index in [-0.39, 0.29) is 28.2 Å². The van der Waals surface area contributed by atoms with Crippen LogP contribution in [0.5, 0.6) is 0 Å². The summed E-state index contributed by atoms with van der Waals surface area (Å²) in [5, 5.41) is 0. The molecule has 7 nitrogen and oxygen atoms in total. The van der Waals surface area contributed by atoms with Crippen LogP contribution in [0.1, 0.15) is 61.7 Å². The van der Waals surface area contributed by atoms with E-state index in [0.29, 0.717) is 39.0 Å². The first-order valence-corrected chi connectivity index (χ1v) is 13.1. The SMILES string of the molecule is O=C(c1ccccc1S(=O)(=O)N1CCCCC1)N1CCC(C(=O)N2CCCCC2)CC1. The average molecular weight is 448 g/mol. The topological polar surface area (TPSA) is 78.0 Å². The fourth-order valence-electron chi connectivity index (χ4n) is 4.98. The van der Waals surface area contributed by atoms with Gasteiger partial charge in [0.2, 0.25) is 15.9 Å². The number of carbonyl (C=O) groups is 2. The Balaban J connectivity index is 1.44. The molecule has 0 bridgehead atoms. The average Bonchev–Trinajstić information content (AvgIpc) is 2.84. The third-order valence-electron chi connectivity index (χ3n) is 6.85. The zero-order chi connectivity index (χ0) is 21.8. The van der Waals surface area contributed by atoms with Gasteiger partial charge in [-0.05, 0) is 57.1 Å². The van der Waals surface area contributed by atoms with Gasteiger partial charge in [-0.25, -0.2) is 8.42 Å². The van der Waals surface area contributed by atoms with Gasteiger partial charge in [0.1, 0.15) is 0 Å². The summed E-state index contributed by atoms with van der Waals surface area (Å²) in [5.41, 5.74) is 0.244. The Kier molecular flexibility index (Phi) is 6.96. The second-order valence-electron chi connectivity index (χ2n) is 8.91. The van der Waals surface area contributed by atoms with Crippen LogP contribution in [0.2, 0.25) is 0 Å². The summed E-state index contributed by atoms with van der Waals surface area (Å²) >= 11 is 0. The maximum Gasteiger partial charge on any atom is 0.255 e. The predicted molar refractivity (Wildman–Crippen MR) is 118 cm³/mol. The number of amides is 2. The van der Waals surface area contributed by atoms with Crippen molar-refractivity contribution < 1.29 is 18.0 Å². The van der Waals surface area contributed by atoms with Crippen molar-refractivity contribution in [1.82, 2.24) is 14.1 Å². The number of nitrogens with zero attached hydrogens (tertiary/aromatic N) is 3. The quantitative estimate of drug-likeness (QED) is 0.711. The molecule has 0 unspecified atom stereocenters. The lowest BCUT2D eigenvalue weighted by molar-refractivity contribution is -0.137. The van der Waals surface area contributed by atoms with Crippen molar-refractivity contribution in [1.29, 1.82) is 0 Å². The summed E-state index contributed by atoms with van der Waals surface area (Å²) in [7, 11) is -3.69. The van der Waals surface area contributed by atoms with Gasteiger partial charge in [0.05, 0.1) is 10.5 Å². The van der Waals surface area contributed by atoms with E-state index in [1.807, 2.05) is 4.90 Å². The number of hydrogen-bond donors (Lipinski definition) is 0. The van der Waals surface area contributed by atoms with E-state index in [9.17, 15) is 18.0 Å². The highest BCUT2D eigenvalue weighted by molar-refractivity contribution is 7.89. The highest BCUT2D eigenvalue weighted by Crippen LogP contribution is 2.27. The van der Waals surface area contributed by atoms with E-state index >= 15 is 0 Å². The molecule has 170 valence electrons. The largest absolute Gasteiger partial charge is 0.342 e. The lowest BCUT2D eigenvalue weighted by atomic mass is 9.94. The highest BCUT2D eigenvalue weighted by atomic mass is 32.2. The first-order valence-electron chi connectivity index (χ1n) is 11.7. The van der Waals surface area contributed by atoms with Crippen molar-refractivity contribution in [2.75, 3.05) is 39.3 Å². The molecule has 2 amide bonds. The van der Waals surface area contributed by atoms with Crippen molar-refractivity contribution >= 4 is 21.8 Å². The van der Waals surface area contributed by atoms with Gasteiger partial charge in [0.25, 0.3) is 5.91 Å². The van der Waals surface area contributed by atoms with Gasteiger partial charge in [-0.1, -0.05) is 18.6 Å². The Morgan fingerprint density at radius 1 is 0.742 bits per heavy atom. The molecular weight excluding hydrogens is 414 g/mol. The van der Waals surface area contributed by atoms with Crippen LogP contribution in [0.15, 0.2) is 29.2 Å². The Bertz CT molecular complexity index is 897. The molecule has 0 N–H and O–H groups in total. The zero-order valence-corrected chi connectivity index (χ0v) is 19.0. The summed E-state index contributed by atoms with van der Waals surface area (Å²) in [5.74, 6) is -0.0607. The second-order valence-corrected chi connectivity index (χ2v) is 10.8. The van der Waals surface area contributed by atoms with Gasteiger partial charge >= 0.3 is 0 Å². The Hall–Kier alpha value is -1.93. The summed E-state index contributed by atoms with van der Waals surface area (Å²) < 4.78 is 27.9. The number of hydrogen-bond acceptors (Lipinski definition) is 4. The number of piperidine rings is 3. The van der Waals surface area contributed by atoms with Crippen molar-refractivity contribution in [2.24, 2.45) is 5.92 Å². The van der Waals surface area contributed by atoms with E-state index in [0.717, 1.165) is 45.2 Å². The summed E-state index contributed by atoms with van der Waals surface area (Å²) in [4.78, 5) is 29.9. The highest BCUT2D eigenvalue weighted by Gasteiger charge is 2.34. The van der Waals surface area contributed by atoms with Crippen molar-refractivity contribution in [2.45, 2.75) is 56.3 Å². The molecule has 0 aromatic heterocycles. The van der Waals surface area contributed by atoms with Crippen LogP contribution in [-0.2, 0) is 14.8 Å². The molecule has 8 heteroatoms. The third kappa shape index (κ3) is 4.80. The van der Waals surface area contributed by atoms with Crippen LogP contribution >= 0.6 is 0 Å². The Morgan fingerprint density at radius 2 is 1.32 bits per heavy atom. The molecule has 1 aromatic rings. The van der Waals surface area contributed by atoms with Crippen LogP contribution in [-0.4, -0.2) is 73.6 Å². The summed E-state index contributed by atoms with van der Waals surface area (Å²) in [6, 6.07) is 6.56. The first kappa shape index (κ1) is 22.3. The normalized spacial score (nSPS) is 21.8. The predicted octanol–water partition coefficient (Wildman–Crippen LogP) is 2.73.